The molecular weight excluding hydrogens is 391 g/mol. The normalized spacial score (nSPS) is 20.3. The Hall–Kier alpha value is 0.350. The molecule has 0 amide bonds. The van der Waals surface area contributed by atoms with Crippen LogP contribution in [0, 0.1) is 0 Å². The zero-order valence-electron chi connectivity index (χ0n) is 16.8. The van der Waals surface area contributed by atoms with Gasteiger partial charge in [-0.05, 0) is 0 Å². The molecule has 0 aliphatic heterocycles. The minimum atomic E-state index is 0.505. The molecule has 1 heteroatoms. The molecule has 24 heavy (non-hydrogen) atoms. The third-order valence-electron chi connectivity index (χ3n) is 5.56. The first-order chi connectivity index (χ1) is 11.7. The predicted molar refractivity (Wildman–Crippen MR) is 111 cm³/mol. The zero-order chi connectivity index (χ0) is 17.7. The Balaban J connectivity index is 2.62. The Bertz CT molecular complexity index is 379. The fraction of sp³-hybridized carbons (Fsp3) is 0.826. The summed E-state index contributed by atoms with van der Waals surface area (Å²) in [6.45, 7) is 6.95. The second-order valence-corrected chi connectivity index (χ2v) is 10.7. The molecule has 136 valence electrons. The SMILES string of the molecule is CCCCCCC1=C(CCCCCC)[C]([In])(CCCCCC)C=C1. The second kappa shape index (κ2) is 13.5. The average Bonchev–Trinajstić information content (AvgIpc) is 2.89. The van der Waals surface area contributed by atoms with Crippen molar-refractivity contribution in [1.29, 1.82) is 0 Å². The van der Waals surface area contributed by atoms with Crippen LogP contribution in [0.3, 0.4) is 0 Å². The maximum atomic E-state index is 2.62. The summed E-state index contributed by atoms with van der Waals surface area (Å²) >= 11 is 1.38. The van der Waals surface area contributed by atoms with E-state index in [-0.39, 0.29) is 0 Å². The van der Waals surface area contributed by atoms with Gasteiger partial charge in [0.05, 0.1) is 0 Å². The van der Waals surface area contributed by atoms with E-state index < -0.39 is 0 Å². The van der Waals surface area contributed by atoms with Crippen LogP contribution in [0.5, 0.6) is 0 Å². The van der Waals surface area contributed by atoms with E-state index in [9.17, 15) is 0 Å². The Kier molecular flexibility index (Phi) is 12.6. The first-order valence-corrected chi connectivity index (χ1v) is 12.5. The summed E-state index contributed by atoms with van der Waals surface area (Å²) in [5.74, 6) is 0. The molecule has 1 rings (SSSR count). The van der Waals surface area contributed by atoms with E-state index in [0.717, 1.165) is 0 Å². The van der Waals surface area contributed by atoms with Crippen LogP contribution in [-0.4, -0.2) is 24.4 Å². The van der Waals surface area contributed by atoms with Crippen molar-refractivity contribution < 1.29 is 0 Å². The molecule has 0 saturated carbocycles. The molecule has 0 aromatic rings. The van der Waals surface area contributed by atoms with E-state index in [1.807, 2.05) is 5.57 Å². The van der Waals surface area contributed by atoms with E-state index >= 15 is 0 Å². The Labute approximate surface area is 167 Å². The van der Waals surface area contributed by atoms with Crippen LogP contribution >= 0.6 is 0 Å². The van der Waals surface area contributed by atoms with Crippen LogP contribution in [-0.2, 0) is 0 Å². The summed E-state index contributed by atoms with van der Waals surface area (Å²) in [6.07, 6.45) is 26.1. The van der Waals surface area contributed by atoms with Crippen LogP contribution < -0.4 is 0 Å². The summed E-state index contributed by atoms with van der Waals surface area (Å²) < 4.78 is 0.505. The molecule has 1 atom stereocenters. The van der Waals surface area contributed by atoms with Crippen LogP contribution in [0.15, 0.2) is 23.3 Å². The van der Waals surface area contributed by atoms with Crippen molar-refractivity contribution >= 4 is 24.4 Å². The molecule has 0 saturated heterocycles. The Morgan fingerprint density at radius 2 is 1.25 bits per heavy atom. The fourth-order valence-electron chi connectivity index (χ4n) is 3.93. The molecule has 1 unspecified atom stereocenters. The summed E-state index contributed by atoms with van der Waals surface area (Å²) in [5, 5.41) is 0. The van der Waals surface area contributed by atoms with Crippen molar-refractivity contribution in [2.75, 3.05) is 0 Å². The van der Waals surface area contributed by atoms with Crippen LogP contribution in [0.1, 0.15) is 117 Å². The van der Waals surface area contributed by atoms with E-state index in [4.69, 9.17) is 0 Å². The molecule has 0 aromatic carbocycles. The van der Waals surface area contributed by atoms with Gasteiger partial charge in [-0.3, -0.25) is 0 Å². The first-order valence-electron chi connectivity index (χ1n) is 10.9. The van der Waals surface area contributed by atoms with Gasteiger partial charge in [-0.2, -0.15) is 0 Å². The van der Waals surface area contributed by atoms with Crippen LogP contribution in [0.25, 0.3) is 0 Å². The summed E-state index contributed by atoms with van der Waals surface area (Å²) in [6, 6.07) is 0. The molecule has 0 fully saturated rings. The van der Waals surface area contributed by atoms with Crippen molar-refractivity contribution in [3.05, 3.63) is 23.3 Å². The molecule has 0 bridgehead atoms. The Morgan fingerprint density at radius 1 is 0.708 bits per heavy atom. The van der Waals surface area contributed by atoms with Gasteiger partial charge in [0.15, 0.2) is 0 Å². The molecule has 1 aliphatic rings. The van der Waals surface area contributed by atoms with E-state index in [1.54, 1.807) is 5.57 Å². The van der Waals surface area contributed by atoms with Gasteiger partial charge in [0.1, 0.15) is 0 Å². The molecule has 1 aliphatic carbocycles. The fourth-order valence-corrected chi connectivity index (χ4v) is 5.72. The molecule has 0 spiro atoms. The number of allylic oxidation sites excluding steroid dienone is 4. The van der Waals surface area contributed by atoms with E-state index in [0.29, 0.717) is 3.17 Å². The van der Waals surface area contributed by atoms with Gasteiger partial charge in [0, 0.05) is 0 Å². The Morgan fingerprint density at radius 3 is 1.83 bits per heavy atom. The van der Waals surface area contributed by atoms with Gasteiger partial charge < -0.3 is 0 Å². The van der Waals surface area contributed by atoms with E-state index in [2.05, 4.69) is 32.9 Å². The van der Waals surface area contributed by atoms with Gasteiger partial charge in [-0.15, -0.1) is 0 Å². The number of hydrogen-bond acceptors (Lipinski definition) is 0. The third-order valence-corrected chi connectivity index (χ3v) is 7.92. The van der Waals surface area contributed by atoms with Crippen LogP contribution in [0.4, 0.5) is 0 Å². The summed E-state index contributed by atoms with van der Waals surface area (Å²) in [7, 11) is 0. The summed E-state index contributed by atoms with van der Waals surface area (Å²) in [5.41, 5.74) is 3.61. The second-order valence-electron chi connectivity index (χ2n) is 7.81. The average molecular weight is 432 g/mol. The van der Waals surface area contributed by atoms with Crippen molar-refractivity contribution in [2.24, 2.45) is 0 Å². The van der Waals surface area contributed by atoms with Crippen molar-refractivity contribution in [3.8, 4) is 0 Å². The molecule has 0 N–H and O–H groups in total. The zero-order valence-corrected chi connectivity index (χ0v) is 20.1. The molecule has 0 aromatic heterocycles. The van der Waals surface area contributed by atoms with Gasteiger partial charge in [-0.1, -0.05) is 0 Å². The number of rotatable bonds is 15. The van der Waals surface area contributed by atoms with E-state index in [1.165, 1.54) is 121 Å². The van der Waals surface area contributed by atoms with Gasteiger partial charge in [0.2, 0.25) is 0 Å². The third kappa shape index (κ3) is 8.15. The van der Waals surface area contributed by atoms with Crippen molar-refractivity contribution in [3.63, 3.8) is 0 Å². The first kappa shape index (κ1) is 22.4. The van der Waals surface area contributed by atoms with Gasteiger partial charge in [-0.25, -0.2) is 0 Å². The number of unbranched alkanes of at least 4 members (excludes halogenated alkanes) is 9. The molecular formula is C23H41In. The van der Waals surface area contributed by atoms with Crippen molar-refractivity contribution in [2.45, 2.75) is 120 Å². The molecule has 2 radical (unpaired) electrons. The van der Waals surface area contributed by atoms with Gasteiger partial charge in [0.25, 0.3) is 0 Å². The minimum absolute atomic E-state index is 0.505. The monoisotopic (exact) mass is 432 g/mol. The van der Waals surface area contributed by atoms with Gasteiger partial charge >= 0.3 is 168 Å². The molecule has 0 nitrogen and oxygen atoms in total. The quantitative estimate of drug-likeness (QED) is 0.229. The number of hydrogen-bond donors (Lipinski definition) is 0. The summed E-state index contributed by atoms with van der Waals surface area (Å²) in [4.78, 5) is 0. The van der Waals surface area contributed by atoms with Crippen molar-refractivity contribution in [1.82, 2.24) is 0 Å². The predicted octanol–water partition coefficient (Wildman–Crippen LogP) is 8.09. The molecule has 0 heterocycles. The van der Waals surface area contributed by atoms with Crippen LogP contribution in [0.2, 0.25) is 3.17 Å². The maximum absolute atomic E-state index is 2.62. The topological polar surface area (TPSA) is 0 Å². The standard InChI is InChI=1S/C23H41.In/c1-4-7-10-13-16-21-19-20-22(17-14-11-8-5-2)23(21)18-15-12-9-6-3;/h19-20H,4-18H2,1-3H3;.